The Morgan fingerprint density at radius 2 is 1.86 bits per heavy atom. The molecule has 4 unspecified atom stereocenters. The molecular formula is C20H32O8. The molecule has 0 aliphatic carbocycles. The molecule has 8 heteroatoms. The number of ether oxygens (including phenoxy) is 2. The summed E-state index contributed by atoms with van der Waals surface area (Å²) in [6.45, 7) is 2.12. The molecule has 1 aliphatic rings. The van der Waals surface area contributed by atoms with Gasteiger partial charge in [-0.2, -0.15) is 0 Å². The standard InChI is InChI=1S/C20H32O8/c1-2-3-4-5-6-7-16-20(26)15(21)10-8-14(9-12-19(25)28-16)27-18(24)13-11-17(22)23/h8,10,14-16,20-21,26H,2-7,9,11-13H2,1H3,(H,22,23). The molecular weight excluding hydrogens is 368 g/mol. The average Bonchev–Trinajstić information content (AvgIpc) is 2.65. The van der Waals surface area contributed by atoms with Crippen LogP contribution >= 0.6 is 0 Å². The Morgan fingerprint density at radius 3 is 2.54 bits per heavy atom. The van der Waals surface area contributed by atoms with E-state index in [1.54, 1.807) is 0 Å². The SMILES string of the molecule is CCCCCCCC1OC(=O)CCC(OC(=O)CCC(=O)O)C=CC(O)C1O. The predicted octanol–water partition coefficient (Wildman–Crippen LogP) is 2.11. The van der Waals surface area contributed by atoms with Crippen LogP contribution in [0.4, 0.5) is 0 Å². The lowest BCUT2D eigenvalue weighted by Crippen LogP contribution is -2.40. The number of carboxylic acid groups (broad SMARTS) is 1. The molecule has 8 nitrogen and oxygen atoms in total. The number of hydrogen-bond donors (Lipinski definition) is 3. The van der Waals surface area contributed by atoms with Crippen molar-refractivity contribution in [2.75, 3.05) is 0 Å². The third kappa shape index (κ3) is 9.85. The van der Waals surface area contributed by atoms with Gasteiger partial charge in [-0.25, -0.2) is 0 Å². The summed E-state index contributed by atoms with van der Waals surface area (Å²) in [6.07, 6.45) is 3.66. The minimum atomic E-state index is -1.27. The van der Waals surface area contributed by atoms with E-state index in [2.05, 4.69) is 6.92 Å². The van der Waals surface area contributed by atoms with Crippen molar-refractivity contribution < 1.29 is 39.2 Å². The second kappa shape index (κ2) is 13.3. The number of carbonyl (C=O) groups is 3. The van der Waals surface area contributed by atoms with Crippen LogP contribution in [0.15, 0.2) is 12.2 Å². The number of esters is 2. The molecule has 0 saturated heterocycles. The van der Waals surface area contributed by atoms with Gasteiger partial charge in [0.2, 0.25) is 0 Å². The third-order valence-corrected chi connectivity index (χ3v) is 4.59. The van der Waals surface area contributed by atoms with E-state index in [1.807, 2.05) is 0 Å². The van der Waals surface area contributed by atoms with Gasteiger partial charge in [-0.15, -0.1) is 0 Å². The summed E-state index contributed by atoms with van der Waals surface area (Å²) in [5, 5.41) is 29.1. The van der Waals surface area contributed by atoms with Crippen molar-refractivity contribution in [3.63, 3.8) is 0 Å². The number of aliphatic hydroxyl groups is 2. The first-order valence-corrected chi connectivity index (χ1v) is 9.98. The van der Waals surface area contributed by atoms with E-state index in [0.29, 0.717) is 6.42 Å². The van der Waals surface area contributed by atoms with E-state index in [9.17, 15) is 24.6 Å². The summed E-state index contributed by atoms with van der Waals surface area (Å²) in [5.41, 5.74) is 0. The van der Waals surface area contributed by atoms with Crippen molar-refractivity contribution in [2.45, 2.75) is 95.5 Å². The topological polar surface area (TPSA) is 130 Å². The molecule has 0 radical (unpaired) electrons. The first-order valence-electron chi connectivity index (χ1n) is 9.98. The first-order chi connectivity index (χ1) is 13.3. The normalized spacial score (nSPS) is 25.8. The van der Waals surface area contributed by atoms with Crippen LogP contribution in [-0.2, 0) is 23.9 Å². The van der Waals surface area contributed by atoms with Crippen LogP contribution in [0.2, 0.25) is 0 Å². The Hall–Kier alpha value is -1.93. The van der Waals surface area contributed by atoms with Gasteiger partial charge in [-0.3, -0.25) is 14.4 Å². The van der Waals surface area contributed by atoms with Crippen LogP contribution in [0.3, 0.4) is 0 Å². The molecule has 0 bridgehead atoms. The largest absolute Gasteiger partial charge is 0.481 e. The Bertz CT molecular complexity index is 530. The van der Waals surface area contributed by atoms with E-state index < -0.39 is 42.3 Å². The van der Waals surface area contributed by atoms with Crippen LogP contribution in [-0.4, -0.2) is 57.6 Å². The number of carbonyl (C=O) groups excluding carboxylic acids is 2. The van der Waals surface area contributed by atoms with Gasteiger partial charge in [-0.05, 0) is 25.3 Å². The van der Waals surface area contributed by atoms with Gasteiger partial charge in [0.1, 0.15) is 24.4 Å². The predicted molar refractivity (Wildman–Crippen MR) is 100 cm³/mol. The molecule has 0 aromatic carbocycles. The summed E-state index contributed by atoms with van der Waals surface area (Å²) >= 11 is 0. The molecule has 1 aliphatic heterocycles. The van der Waals surface area contributed by atoms with Crippen LogP contribution in [0.1, 0.15) is 71.1 Å². The van der Waals surface area contributed by atoms with Crippen molar-refractivity contribution in [2.24, 2.45) is 0 Å². The van der Waals surface area contributed by atoms with Gasteiger partial charge in [0.25, 0.3) is 0 Å². The molecule has 0 aromatic heterocycles. The molecule has 0 saturated carbocycles. The highest BCUT2D eigenvalue weighted by Gasteiger charge is 2.29. The van der Waals surface area contributed by atoms with Crippen molar-refractivity contribution in [1.29, 1.82) is 0 Å². The smallest absolute Gasteiger partial charge is 0.306 e. The van der Waals surface area contributed by atoms with Crippen molar-refractivity contribution in [3.05, 3.63) is 12.2 Å². The maximum absolute atomic E-state index is 12.1. The Balaban J connectivity index is 2.65. The summed E-state index contributed by atoms with van der Waals surface area (Å²) < 4.78 is 10.5. The van der Waals surface area contributed by atoms with Gasteiger partial charge in [0.05, 0.1) is 12.8 Å². The minimum Gasteiger partial charge on any atom is -0.481 e. The average molecular weight is 400 g/mol. The Kier molecular flexibility index (Phi) is 11.4. The highest BCUT2D eigenvalue weighted by molar-refractivity contribution is 5.76. The molecule has 0 fully saturated rings. The second-order valence-corrected chi connectivity index (χ2v) is 7.06. The molecule has 3 N–H and O–H groups in total. The van der Waals surface area contributed by atoms with E-state index in [-0.39, 0.29) is 25.7 Å². The lowest BCUT2D eigenvalue weighted by atomic mass is 9.99. The highest BCUT2D eigenvalue weighted by atomic mass is 16.6. The molecule has 0 amide bonds. The number of carboxylic acids is 1. The fourth-order valence-corrected chi connectivity index (χ4v) is 2.94. The van der Waals surface area contributed by atoms with Crippen LogP contribution < -0.4 is 0 Å². The summed E-state index contributed by atoms with van der Waals surface area (Å²) in [6, 6.07) is 0. The molecule has 4 atom stereocenters. The molecule has 0 spiro atoms. The van der Waals surface area contributed by atoms with Gasteiger partial charge < -0.3 is 24.8 Å². The van der Waals surface area contributed by atoms with Crippen LogP contribution in [0.25, 0.3) is 0 Å². The highest BCUT2D eigenvalue weighted by Crippen LogP contribution is 2.19. The Labute approximate surface area is 165 Å². The zero-order chi connectivity index (χ0) is 20.9. The summed E-state index contributed by atoms with van der Waals surface area (Å²) in [5.74, 6) is -2.35. The molecule has 28 heavy (non-hydrogen) atoms. The zero-order valence-corrected chi connectivity index (χ0v) is 16.4. The van der Waals surface area contributed by atoms with Gasteiger partial charge >= 0.3 is 17.9 Å². The number of cyclic esters (lactones) is 1. The van der Waals surface area contributed by atoms with Crippen molar-refractivity contribution in [1.82, 2.24) is 0 Å². The first kappa shape index (κ1) is 24.1. The maximum atomic E-state index is 12.1. The summed E-state index contributed by atoms with van der Waals surface area (Å²) in [7, 11) is 0. The molecule has 1 heterocycles. The van der Waals surface area contributed by atoms with E-state index in [1.165, 1.54) is 12.2 Å². The van der Waals surface area contributed by atoms with Crippen LogP contribution in [0, 0.1) is 0 Å². The number of aliphatic carboxylic acids is 1. The number of hydrogen-bond acceptors (Lipinski definition) is 7. The minimum absolute atomic E-state index is 0.0175. The van der Waals surface area contributed by atoms with E-state index in [4.69, 9.17) is 14.6 Å². The lowest BCUT2D eigenvalue weighted by molar-refractivity contribution is -0.161. The van der Waals surface area contributed by atoms with E-state index >= 15 is 0 Å². The molecule has 160 valence electrons. The van der Waals surface area contributed by atoms with Crippen molar-refractivity contribution >= 4 is 17.9 Å². The lowest BCUT2D eigenvalue weighted by Gasteiger charge is -2.27. The molecule has 1 rings (SSSR count). The summed E-state index contributed by atoms with van der Waals surface area (Å²) in [4.78, 5) is 34.3. The third-order valence-electron chi connectivity index (χ3n) is 4.59. The monoisotopic (exact) mass is 400 g/mol. The van der Waals surface area contributed by atoms with Crippen molar-refractivity contribution in [3.8, 4) is 0 Å². The number of unbranched alkanes of at least 4 members (excludes halogenated alkanes) is 4. The fraction of sp³-hybridized carbons (Fsp3) is 0.750. The Morgan fingerprint density at radius 1 is 1.14 bits per heavy atom. The number of aliphatic hydroxyl groups excluding tert-OH is 2. The fourth-order valence-electron chi connectivity index (χ4n) is 2.94. The maximum Gasteiger partial charge on any atom is 0.306 e. The van der Waals surface area contributed by atoms with Crippen LogP contribution in [0.5, 0.6) is 0 Å². The quantitative estimate of drug-likeness (QED) is 0.289. The molecule has 0 aromatic rings. The van der Waals surface area contributed by atoms with Gasteiger partial charge in [0, 0.05) is 6.42 Å². The second-order valence-electron chi connectivity index (χ2n) is 7.06. The van der Waals surface area contributed by atoms with Gasteiger partial charge in [0.15, 0.2) is 0 Å². The zero-order valence-electron chi connectivity index (χ0n) is 16.4. The number of rotatable bonds is 10. The van der Waals surface area contributed by atoms with Gasteiger partial charge in [-0.1, -0.05) is 38.7 Å². The van der Waals surface area contributed by atoms with E-state index in [0.717, 1.165) is 32.1 Å².